The van der Waals surface area contributed by atoms with Crippen molar-refractivity contribution in [3.63, 3.8) is 0 Å². The Hall–Kier alpha value is -1.79. The predicted octanol–water partition coefficient (Wildman–Crippen LogP) is 1.62. The highest BCUT2D eigenvalue weighted by molar-refractivity contribution is 5.85. The first kappa shape index (κ1) is 19.3. The number of likely N-dealkylation sites (tertiary alicyclic amines) is 1. The first-order chi connectivity index (χ1) is 10.5. The summed E-state index contributed by atoms with van der Waals surface area (Å²) >= 11 is 0. The number of amides is 1. The van der Waals surface area contributed by atoms with Crippen molar-refractivity contribution in [2.75, 3.05) is 27.2 Å². The molecular formula is C16H23ClN2O4. The number of ether oxygens (including phenoxy) is 1. The second-order valence-corrected chi connectivity index (χ2v) is 5.57. The fraction of sp³-hybridized carbons (Fsp3) is 0.500. The van der Waals surface area contributed by atoms with Crippen molar-refractivity contribution >= 4 is 24.3 Å². The van der Waals surface area contributed by atoms with Gasteiger partial charge in [0.05, 0.1) is 13.7 Å². The number of carboxylic acids is 1. The van der Waals surface area contributed by atoms with Crippen LogP contribution < -0.4 is 4.74 Å². The SMILES string of the molecule is COc1cccc(CN(C)C(=O)CN2CCCC2C(=O)O)c1.Cl. The van der Waals surface area contributed by atoms with E-state index in [2.05, 4.69) is 0 Å². The van der Waals surface area contributed by atoms with Crippen LogP contribution in [0, 0.1) is 0 Å². The minimum absolute atomic E-state index is 0. The Morgan fingerprint density at radius 1 is 1.43 bits per heavy atom. The highest BCUT2D eigenvalue weighted by Crippen LogP contribution is 2.18. The lowest BCUT2D eigenvalue weighted by Gasteiger charge is -2.24. The Labute approximate surface area is 142 Å². The van der Waals surface area contributed by atoms with Crippen LogP contribution in [0.2, 0.25) is 0 Å². The van der Waals surface area contributed by atoms with Gasteiger partial charge in [0, 0.05) is 13.6 Å². The molecule has 1 saturated heterocycles. The average Bonchev–Trinajstić information content (AvgIpc) is 2.95. The first-order valence-corrected chi connectivity index (χ1v) is 7.35. The first-order valence-electron chi connectivity index (χ1n) is 7.35. The molecule has 0 spiro atoms. The van der Waals surface area contributed by atoms with Crippen LogP contribution in [0.25, 0.3) is 0 Å². The van der Waals surface area contributed by atoms with Crippen molar-refractivity contribution in [3.8, 4) is 5.75 Å². The summed E-state index contributed by atoms with van der Waals surface area (Å²) in [6.07, 6.45) is 1.44. The van der Waals surface area contributed by atoms with E-state index in [-0.39, 0.29) is 24.9 Å². The van der Waals surface area contributed by atoms with Gasteiger partial charge in [0.25, 0.3) is 0 Å². The molecule has 7 heteroatoms. The third-order valence-corrected chi connectivity index (χ3v) is 3.97. The molecule has 1 N–H and O–H groups in total. The second kappa shape index (κ2) is 8.74. The summed E-state index contributed by atoms with van der Waals surface area (Å²) in [5.74, 6) is -0.166. The van der Waals surface area contributed by atoms with E-state index < -0.39 is 12.0 Å². The summed E-state index contributed by atoms with van der Waals surface area (Å²) in [5.41, 5.74) is 0.978. The van der Waals surface area contributed by atoms with Crippen LogP contribution in [0.5, 0.6) is 5.75 Å². The smallest absolute Gasteiger partial charge is 0.320 e. The van der Waals surface area contributed by atoms with E-state index in [1.807, 2.05) is 24.3 Å². The zero-order valence-electron chi connectivity index (χ0n) is 13.4. The molecule has 1 aromatic rings. The Morgan fingerprint density at radius 3 is 2.83 bits per heavy atom. The lowest BCUT2D eigenvalue weighted by molar-refractivity contribution is -0.143. The summed E-state index contributed by atoms with van der Waals surface area (Å²) in [5, 5.41) is 9.15. The van der Waals surface area contributed by atoms with E-state index >= 15 is 0 Å². The number of hydrogen-bond donors (Lipinski definition) is 1. The number of likely N-dealkylation sites (N-methyl/N-ethyl adjacent to an activating group) is 1. The summed E-state index contributed by atoms with van der Waals surface area (Å²) in [6, 6.07) is 7.02. The van der Waals surface area contributed by atoms with Crippen molar-refractivity contribution in [1.82, 2.24) is 9.80 Å². The fourth-order valence-electron chi connectivity index (χ4n) is 2.72. The van der Waals surface area contributed by atoms with Gasteiger partial charge in [-0.1, -0.05) is 12.1 Å². The number of halogens is 1. The molecule has 0 aromatic heterocycles. The van der Waals surface area contributed by atoms with Gasteiger partial charge in [-0.25, -0.2) is 0 Å². The summed E-state index contributed by atoms with van der Waals surface area (Å²) < 4.78 is 5.17. The Bertz CT molecular complexity index is 553. The number of carbonyl (C=O) groups is 2. The van der Waals surface area contributed by atoms with Crippen LogP contribution in [-0.4, -0.2) is 60.1 Å². The summed E-state index contributed by atoms with van der Waals surface area (Å²) in [4.78, 5) is 26.8. The fourth-order valence-corrected chi connectivity index (χ4v) is 2.72. The van der Waals surface area contributed by atoms with Gasteiger partial charge in [-0.15, -0.1) is 12.4 Å². The molecule has 0 bridgehead atoms. The van der Waals surface area contributed by atoms with Gasteiger partial charge >= 0.3 is 5.97 Å². The van der Waals surface area contributed by atoms with Crippen LogP contribution in [0.15, 0.2) is 24.3 Å². The molecule has 6 nitrogen and oxygen atoms in total. The van der Waals surface area contributed by atoms with Crippen LogP contribution in [0.4, 0.5) is 0 Å². The highest BCUT2D eigenvalue weighted by atomic mass is 35.5. The number of benzene rings is 1. The molecule has 0 radical (unpaired) electrons. The topological polar surface area (TPSA) is 70.1 Å². The number of rotatable bonds is 6. The minimum atomic E-state index is -0.847. The molecular weight excluding hydrogens is 320 g/mol. The van der Waals surface area contributed by atoms with Crippen molar-refractivity contribution in [2.24, 2.45) is 0 Å². The molecule has 1 aliphatic heterocycles. The third kappa shape index (κ3) is 5.11. The standard InChI is InChI=1S/C16H22N2O4.ClH/c1-17(10-12-5-3-6-13(9-12)22-2)15(19)11-18-8-4-7-14(18)16(20)21;/h3,5-6,9,14H,4,7-8,10-11H2,1-2H3,(H,20,21);1H. The molecule has 1 fully saturated rings. The van der Waals surface area contributed by atoms with E-state index in [0.29, 0.717) is 19.5 Å². The van der Waals surface area contributed by atoms with Crippen LogP contribution >= 0.6 is 12.4 Å². The average molecular weight is 343 g/mol. The molecule has 1 atom stereocenters. The molecule has 1 aliphatic rings. The maximum atomic E-state index is 12.3. The van der Waals surface area contributed by atoms with Crippen molar-refractivity contribution < 1.29 is 19.4 Å². The maximum absolute atomic E-state index is 12.3. The zero-order chi connectivity index (χ0) is 16.1. The van der Waals surface area contributed by atoms with Gasteiger partial charge in [0.15, 0.2) is 0 Å². The predicted molar refractivity (Wildman–Crippen MR) is 88.9 cm³/mol. The minimum Gasteiger partial charge on any atom is -0.497 e. The second-order valence-electron chi connectivity index (χ2n) is 5.57. The summed E-state index contributed by atoms with van der Waals surface area (Å²) in [7, 11) is 3.33. The van der Waals surface area contributed by atoms with E-state index in [0.717, 1.165) is 17.7 Å². The number of hydrogen-bond acceptors (Lipinski definition) is 4. The van der Waals surface area contributed by atoms with Gasteiger partial charge in [-0.3, -0.25) is 14.5 Å². The molecule has 1 aromatic carbocycles. The Kier molecular flexibility index (Phi) is 7.32. The number of carbonyl (C=O) groups excluding carboxylic acids is 1. The Balaban J connectivity index is 0.00000264. The Morgan fingerprint density at radius 2 is 2.17 bits per heavy atom. The third-order valence-electron chi connectivity index (χ3n) is 3.97. The van der Waals surface area contributed by atoms with Gasteiger partial charge in [-0.2, -0.15) is 0 Å². The zero-order valence-corrected chi connectivity index (χ0v) is 14.2. The van der Waals surface area contributed by atoms with E-state index in [4.69, 9.17) is 9.84 Å². The molecule has 1 heterocycles. The van der Waals surface area contributed by atoms with Crippen LogP contribution in [0.3, 0.4) is 0 Å². The molecule has 1 unspecified atom stereocenters. The van der Waals surface area contributed by atoms with Gasteiger partial charge in [0.2, 0.25) is 5.91 Å². The van der Waals surface area contributed by atoms with Crippen LogP contribution in [-0.2, 0) is 16.1 Å². The number of nitrogens with zero attached hydrogens (tertiary/aromatic N) is 2. The number of methoxy groups -OCH3 is 1. The highest BCUT2D eigenvalue weighted by Gasteiger charge is 2.32. The molecule has 2 rings (SSSR count). The van der Waals surface area contributed by atoms with Gasteiger partial charge in [-0.05, 0) is 37.1 Å². The maximum Gasteiger partial charge on any atom is 0.320 e. The number of aliphatic carboxylic acids is 1. The monoisotopic (exact) mass is 342 g/mol. The van der Waals surface area contributed by atoms with E-state index in [1.165, 1.54) is 0 Å². The normalized spacial score (nSPS) is 17.4. The van der Waals surface area contributed by atoms with Crippen LogP contribution in [0.1, 0.15) is 18.4 Å². The van der Waals surface area contributed by atoms with Gasteiger partial charge in [0.1, 0.15) is 11.8 Å². The molecule has 0 aliphatic carbocycles. The van der Waals surface area contributed by atoms with E-state index in [1.54, 1.807) is 24.0 Å². The molecule has 128 valence electrons. The lowest BCUT2D eigenvalue weighted by atomic mass is 10.2. The van der Waals surface area contributed by atoms with E-state index in [9.17, 15) is 9.59 Å². The summed E-state index contributed by atoms with van der Waals surface area (Å²) in [6.45, 7) is 1.29. The van der Waals surface area contributed by atoms with Crippen molar-refractivity contribution in [2.45, 2.75) is 25.4 Å². The number of carboxylic acid groups (broad SMARTS) is 1. The van der Waals surface area contributed by atoms with Crippen molar-refractivity contribution in [3.05, 3.63) is 29.8 Å². The van der Waals surface area contributed by atoms with Crippen molar-refractivity contribution in [1.29, 1.82) is 0 Å². The molecule has 1 amide bonds. The lowest BCUT2D eigenvalue weighted by Crippen LogP contribution is -2.43. The van der Waals surface area contributed by atoms with Gasteiger partial charge < -0.3 is 14.7 Å². The molecule has 0 saturated carbocycles. The largest absolute Gasteiger partial charge is 0.497 e. The quantitative estimate of drug-likeness (QED) is 0.850. The molecule has 23 heavy (non-hydrogen) atoms.